The lowest BCUT2D eigenvalue weighted by molar-refractivity contribution is -0.126. The predicted octanol–water partition coefficient (Wildman–Crippen LogP) is -2.03. The van der Waals surface area contributed by atoms with Gasteiger partial charge in [0.2, 0.25) is 0 Å². The summed E-state index contributed by atoms with van der Waals surface area (Å²) in [6.07, 6.45) is -7.75. The van der Waals surface area contributed by atoms with E-state index >= 15 is 0 Å². The van der Waals surface area contributed by atoms with Crippen molar-refractivity contribution in [3.63, 3.8) is 0 Å². The van der Waals surface area contributed by atoms with Gasteiger partial charge in [-0.2, -0.15) is 0 Å². The van der Waals surface area contributed by atoms with E-state index in [0.29, 0.717) is 0 Å². The van der Waals surface area contributed by atoms with Crippen LogP contribution in [0.1, 0.15) is 47.0 Å². The molecule has 0 aromatic heterocycles. The van der Waals surface area contributed by atoms with E-state index in [1.807, 2.05) is 0 Å². The van der Waals surface area contributed by atoms with Crippen LogP contribution < -0.4 is 21.3 Å². The first-order chi connectivity index (χ1) is 28.0. The summed E-state index contributed by atoms with van der Waals surface area (Å²) in [5.74, 6) is -5.20. The minimum Gasteiger partial charge on any atom is -0.394 e. The fourth-order valence-corrected chi connectivity index (χ4v) is 12.2. The molecule has 6 amide bonds. The fourth-order valence-electron chi connectivity index (χ4n) is 5.11. The second kappa shape index (κ2) is 25.1. The zero-order valence-electron chi connectivity index (χ0n) is 31.8. The Labute approximate surface area is 411 Å². The SMILES string of the molecule is Cc1c(NC(=O)C(O)CO)c(I)c(C(=O)NCC(O)CNC(=O)c2c(I)c(NC(=O)C(O)CO)c(I)c(C(=O)N(C)CC(O)CO)c2I)c(I)c1C(=O)N(C)CC(O)CO. The van der Waals surface area contributed by atoms with Crippen molar-refractivity contribution in [3.05, 3.63) is 45.7 Å². The zero-order chi connectivity index (χ0) is 45.9. The van der Waals surface area contributed by atoms with Crippen molar-refractivity contribution in [3.8, 4) is 0 Å². The van der Waals surface area contributed by atoms with Crippen LogP contribution in [0.3, 0.4) is 0 Å². The van der Waals surface area contributed by atoms with E-state index in [1.165, 1.54) is 21.0 Å². The Morgan fingerprint density at radius 3 is 1.27 bits per heavy atom. The van der Waals surface area contributed by atoms with Gasteiger partial charge in [0.05, 0.1) is 89.1 Å². The number of nitrogens with zero attached hydrogens (tertiary/aromatic N) is 2. The molecule has 0 fully saturated rings. The Morgan fingerprint density at radius 2 is 0.867 bits per heavy atom. The lowest BCUT2D eigenvalue weighted by Gasteiger charge is -2.25. The van der Waals surface area contributed by atoms with Gasteiger partial charge in [0.15, 0.2) is 12.2 Å². The van der Waals surface area contributed by atoms with Gasteiger partial charge in [-0.05, 0) is 125 Å². The number of amides is 6. The summed E-state index contributed by atoms with van der Waals surface area (Å²) in [6.45, 7) is -3.26. The highest BCUT2D eigenvalue weighted by molar-refractivity contribution is 14.1. The standard InChI is InChI=1S/C34H43I5N6O15/c1-12-18(33(59)44(2)6-14(51)8-46)22(35)19(24(37)27(12)42-29(55)16(53)10-48)31(57)40-4-13(50)5-41-32(58)20-23(36)21(34(60)45(3)7-15(52)9-47)26(39)28(25(20)38)43-30(56)17(54)11-49/h13-17,46-54H,4-11H2,1-3H3,(H,40,57)(H,41,58)(H,42,55)(H,43,56). The van der Waals surface area contributed by atoms with Crippen molar-refractivity contribution < 1.29 is 74.7 Å². The average Bonchev–Trinajstić information content (AvgIpc) is 3.20. The minimum atomic E-state index is -1.85. The molecule has 0 heterocycles. The first-order valence-corrected chi connectivity index (χ1v) is 22.6. The molecule has 21 nitrogen and oxygen atoms in total. The molecular weight excluding hydrogens is 1370 g/mol. The van der Waals surface area contributed by atoms with Gasteiger partial charge in [0, 0.05) is 47.4 Å². The lowest BCUT2D eigenvalue weighted by Crippen LogP contribution is -2.41. The van der Waals surface area contributed by atoms with Crippen LogP contribution >= 0.6 is 113 Å². The molecule has 0 aliphatic carbocycles. The second-order valence-corrected chi connectivity index (χ2v) is 18.3. The maximum absolute atomic E-state index is 13.8. The molecule has 2 rings (SSSR count). The summed E-state index contributed by atoms with van der Waals surface area (Å²) < 4.78 is 0.556. The lowest BCUT2D eigenvalue weighted by atomic mass is 10.00. The van der Waals surface area contributed by atoms with Crippen LogP contribution in [0.2, 0.25) is 0 Å². The monoisotopic (exact) mass is 1410 g/mol. The number of anilines is 2. The topological polar surface area (TPSA) is 339 Å². The van der Waals surface area contributed by atoms with E-state index in [9.17, 15) is 74.7 Å². The van der Waals surface area contributed by atoms with Gasteiger partial charge in [-0.15, -0.1) is 0 Å². The third-order valence-electron chi connectivity index (χ3n) is 8.35. The molecule has 0 aliphatic heterocycles. The number of aliphatic hydroxyl groups excluding tert-OH is 9. The van der Waals surface area contributed by atoms with Gasteiger partial charge in [-0.3, -0.25) is 28.8 Å². The van der Waals surface area contributed by atoms with Crippen molar-refractivity contribution in [1.82, 2.24) is 20.4 Å². The number of nitrogens with one attached hydrogen (secondary N) is 4. The highest BCUT2D eigenvalue weighted by atomic mass is 127. The molecule has 334 valence electrons. The molecule has 13 N–H and O–H groups in total. The van der Waals surface area contributed by atoms with Crippen LogP contribution in [0.25, 0.3) is 0 Å². The molecule has 60 heavy (non-hydrogen) atoms. The summed E-state index contributed by atoms with van der Waals surface area (Å²) in [4.78, 5) is 82.2. The minimum absolute atomic E-state index is 0.0530. The number of hydrogen-bond acceptors (Lipinski definition) is 15. The van der Waals surface area contributed by atoms with Crippen molar-refractivity contribution in [2.45, 2.75) is 37.4 Å². The molecule has 2 aromatic rings. The summed E-state index contributed by atoms with van der Waals surface area (Å²) in [5, 5.41) is 97.7. The highest BCUT2D eigenvalue weighted by Gasteiger charge is 2.33. The Bertz CT molecular complexity index is 1830. The van der Waals surface area contributed by atoms with E-state index in [0.717, 1.165) is 9.80 Å². The van der Waals surface area contributed by atoms with Crippen molar-refractivity contribution in [2.24, 2.45) is 0 Å². The largest absolute Gasteiger partial charge is 0.394 e. The second-order valence-electron chi connectivity index (χ2n) is 12.9. The van der Waals surface area contributed by atoms with E-state index in [2.05, 4.69) is 21.3 Å². The summed E-state index contributed by atoms with van der Waals surface area (Å²) >= 11 is 8.73. The fraction of sp³-hybridized carbons (Fsp3) is 0.471. The van der Waals surface area contributed by atoms with Crippen LogP contribution in [0.5, 0.6) is 0 Å². The molecule has 0 spiro atoms. The maximum Gasteiger partial charge on any atom is 0.255 e. The Kier molecular flexibility index (Phi) is 22.9. The van der Waals surface area contributed by atoms with Crippen LogP contribution in [0.4, 0.5) is 11.4 Å². The number of halogens is 5. The molecule has 0 saturated carbocycles. The van der Waals surface area contributed by atoms with Gasteiger partial charge >= 0.3 is 0 Å². The molecular formula is C34H43I5N6O15. The van der Waals surface area contributed by atoms with E-state index in [-0.39, 0.29) is 70.1 Å². The third kappa shape index (κ3) is 13.8. The first-order valence-electron chi connectivity index (χ1n) is 17.3. The zero-order valence-corrected chi connectivity index (χ0v) is 42.6. The number of benzene rings is 2. The van der Waals surface area contributed by atoms with Gasteiger partial charge in [-0.1, -0.05) is 0 Å². The number of hydrogen-bond donors (Lipinski definition) is 13. The van der Waals surface area contributed by atoms with Gasteiger partial charge in [0.25, 0.3) is 35.4 Å². The molecule has 5 unspecified atom stereocenters. The van der Waals surface area contributed by atoms with Crippen LogP contribution in [-0.2, 0) is 9.59 Å². The van der Waals surface area contributed by atoms with E-state index < -0.39 is 105 Å². The van der Waals surface area contributed by atoms with Crippen LogP contribution in [-0.4, -0.2) is 188 Å². The van der Waals surface area contributed by atoms with Crippen LogP contribution in [0.15, 0.2) is 0 Å². The number of carbonyl (C=O) groups excluding carboxylic acids is 6. The number of aliphatic hydroxyl groups is 9. The van der Waals surface area contributed by atoms with Crippen molar-refractivity contribution in [2.75, 3.05) is 77.3 Å². The molecule has 0 bridgehead atoms. The summed E-state index contributed by atoms with van der Waals surface area (Å²) in [5.41, 5.74) is -0.390. The Balaban J connectivity index is 2.50. The molecule has 26 heteroatoms. The quantitative estimate of drug-likeness (QED) is 0.0637. The number of likely N-dealkylation sites (N-methyl/N-ethyl adjacent to an activating group) is 2. The Hall–Kier alpha value is -1.45. The van der Waals surface area contributed by atoms with E-state index in [4.69, 9.17) is 0 Å². The molecule has 2 aromatic carbocycles. The van der Waals surface area contributed by atoms with E-state index in [1.54, 1.807) is 113 Å². The first kappa shape index (κ1) is 54.7. The summed E-state index contributed by atoms with van der Waals surface area (Å²) in [6, 6.07) is 0. The maximum atomic E-state index is 13.8. The molecule has 0 radical (unpaired) electrons. The van der Waals surface area contributed by atoms with Gasteiger partial charge < -0.3 is 77.0 Å². The Morgan fingerprint density at radius 1 is 0.517 bits per heavy atom. The smallest absolute Gasteiger partial charge is 0.255 e. The normalized spacial score (nSPS) is 13.7. The number of carbonyl (C=O) groups is 6. The number of rotatable bonds is 20. The van der Waals surface area contributed by atoms with Gasteiger partial charge in [-0.25, -0.2) is 0 Å². The van der Waals surface area contributed by atoms with Crippen LogP contribution in [0, 0.1) is 24.8 Å². The van der Waals surface area contributed by atoms with Gasteiger partial charge in [0.1, 0.15) is 0 Å². The predicted molar refractivity (Wildman–Crippen MR) is 255 cm³/mol. The molecule has 0 aliphatic rings. The molecule has 0 saturated heterocycles. The summed E-state index contributed by atoms with van der Waals surface area (Å²) in [7, 11) is 2.67. The highest BCUT2D eigenvalue weighted by Crippen LogP contribution is 2.37. The molecule has 5 atom stereocenters. The average molecular weight is 1410 g/mol. The van der Waals surface area contributed by atoms with Crippen molar-refractivity contribution >= 4 is 160 Å². The third-order valence-corrected chi connectivity index (χ3v) is 13.7. The van der Waals surface area contributed by atoms with Crippen molar-refractivity contribution in [1.29, 1.82) is 0 Å².